The fraction of sp³-hybridized carbons (Fsp3) is 0.462. The second-order valence-corrected chi connectivity index (χ2v) is 9.77. The highest BCUT2D eigenvalue weighted by molar-refractivity contribution is 5.84. The lowest BCUT2D eigenvalue weighted by atomic mass is 10.3. The van der Waals surface area contributed by atoms with Crippen LogP contribution in [0.15, 0.2) is 30.6 Å². The number of alkyl halides is 2. The molecule has 15 heteroatoms. The lowest BCUT2D eigenvalue weighted by Gasteiger charge is -2.27. The number of nitrogens with zero attached hydrogens (tertiary/aromatic N) is 10. The van der Waals surface area contributed by atoms with Crippen LogP contribution in [0, 0.1) is 0 Å². The fourth-order valence-electron chi connectivity index (χ4n) is 4.46. The Morgan fingerprint density at radius 2 is 1.73 bits per heavy atom. The minimum atomic E-state index is -2.89. The molecule has 0 aliphatic carbocycles. The van der Waals surface area contributed by atoms with Crippen molar-refractivity contribution in [3.63, 3.8) is 0 Å². The molecule has 0 radical (unpaired) electrons. The van der Waals surface area contributed by atoms with Crippen LogP contribution in [0.3, 0.4) is 0 Å². The molecule has 0 saturated carbocycles. The first-order chi connectivity index (χ1) is 19.8. The van der Waals surface area contributed by atoms with Gasteiger partial charge in [-0.3, -0.25) is 4.57 Å². The summed E-state index contributed by atoms with van der Waals surface area (Å²) in [5.41, 5.74) is 1.20. The van der Waals surface area contributed by atoms with Crippen LogP contribution in [-0.2, 0) is 4.74 Å². The monoisotopic (exact) mass is 569 g/mol. The van der Waals surface area contributed by atoms with Crippen molar-refractivity contribution in [3.05, 3.63) is 36.4 Å². The normalized spacial score (nSPS) is 13.8. The molecule has 0 amide bonds. The zero-order chi connectivity index (χ0) is 28.9. The van der Waals surface area contributed by atoms with Gasteiger partial charge < -0.3 is 29.5 Å². The van der Waals surface area contributed by atoms with Gasteiger partial charge >= 0.3 is 0 Å². The molecule has 1 fully saturated rings. The molecule has 1 aliphatic heterocycles. The number of halogens is 2. The van der Waals surface area contributed by atoms with Crippen LogP contribution in [0.4, 0.5) is 32.3 Å². The van der Waals surface area contributed by atoms with Crippen LogP contribution in [0.5, 0.6) is 5.75 Å². The van der Waals surface area contributed by atoms with Crippen LogP contribution in [0.25, 0.3) is 17.0 Å². The van der Waals surface area contributed by atoms with E-state index in [1.807, 2.05) is 30.9 Å². The average molecular weight is 570 g/mol. The first-order valence-electron chi connectivity index (χ1n) is 13.2. The Hall–Kier alpha value is -4.24. The number of aromatic nitrogens is 7. The van der Waals surface area contributed by atoms with Gasteiger partial charge in [0.1, 0.15) is 11.3 Å². The second-order valence-electron chi connectivity index (χ2n) is 9.77. The Labute approximate surface area is 236 Å². The van der Waals surface area contributed by atoms with E-state index < -0.39 is 12.2 Å². The zero-order valence-electron chi connectivity index (χ0n) is 23.5. The summed E-state index contributed by atoms with van der Waals surface area (Å²) < 4.78 is 40.6. The summed E-state index contributed by atoms with van der Waals surface area (Å²) in [6.45, 7) is 3.84. The molecular formula is C26H33F2N11O2. The maximum absolute atomic E-state index is 14.2. The van der Waals surface area contributed by atoms with E-state index in [0.29, 0.717) is 55.2 Å². The molecule has 3 aromatic heterocycles. The number of rotatable bonds is 11. The van der Waals surface area contributed by atoms with Gasteiger partial charge in [-0.15, -0.1) is 0 Å². The highest BCUT2D eigenvalue weighted by atomic mass is 19.3. The summed E-state index contributed by atoms with van der Waals surface area (Å²) in [7, 11) is 7.48. The molecule has 13 nitrogen and oxygen atoms in total. The molecule has 0 bridgehead atoms. The van der Waals surface area contributed by atoms with Gasteiger partial charge in [-0.25, -0.2) is 23.7 Å². The fourth-order valence-corrected chi connectivity index (χ4v) is 4.46. The number of anilines is 4. The van der Waals surface area contributed by atoms with Crippen LogP contribution < -0.4 is 19.9 Å². The summed E-state index contributed by atoms with van der Waals surface area (Å²) in [5.74, 6) is 0.918. The summed E-state index contributed by atoms with van der Waals surface area (Å²) in [4.78, 5) is 32.8. The van der Waals surface area contributed by atoms with Gasteiger partial charge in [0.15, 0.2) is 5.82 Å². The maximum Gasteiger partial charge on any atom is 0.296 e. The van der Waals surface area contributed by atoms with E-state index in [2.05, 4.69) is 40.1 Å². The molecule has 0 unspecified atom stereocenters. The molecule has 1 aliphatic rings. The maximum atomic E-state index is 14.2. The number of morpholine rings is 1. The lowest BCUT2D eigenvalue weighted by Crippen LogP contribution is -2.37. The van der Waals surface area contributed by atoms with Gasteiger partial charge in [-0.2, -0.15) is 15.0 Å². The zero-order valence-corrected chi connectivity index (χ0v) is 23.5. The molecular weight excluding hydrogens is 536 g/mol. The number of benzene rings is 1. The molecule has 0 spiro atoms. The van der Waals surface area contributed by atoms with E-state index >= 15 is 0 Å². The van der Waals surface area contributed by atoms with Crippen molar-refractivity contribution >= 4 is 34.6 Å². The quantitative estimate of drug-likeness (QED) is 0.286. The third kappa shape index (κ3) is 6.41. The average Bonchev–Trinajstić information content (AvgIpc) is 3.38. The number of hydrogen-bond acceptors (Lipinski definition) is 12. The van der Waals surface area contributed by atoms with E-state index in [-0.39, 0.29) is 17.4 Å². The Kier molecular flexibility index (Phi) is 8.64. The molecule has 5 rings (SSSR count). The standard InChI is InChI=1S/C26H33F2N11O2/c1-36(2)9-6-10-37(3)24-29-15-17(16-30-24)31-23-33-25(38-11-13-41-14-12-38)35-26(34-23)39-18-7-5-8-19(40-4)20(18)32-22(39)21(27)28/h5,7-8,15-16,21H,6,9-14H2,1-4H3,(H,31,33,34,35). The summed E-state index contributed by atoms with van der Waals surface area (Å²) in [5, 5.41) is 3.11. The highest BCUT2D eigenvalue weighted by Gasteiger charge is 2.26. The first kappa shape index (κ1) is 28.3. The molecule has 1 aromatic carbocycles. The topological polar surface area (TPSA) is 122 Å². The van der Waals surface area contributed by atoms with Crippen molar-refractivity contribution in [2.75, 3.05) is 82.8 Å². The van der Waals surface area contributed by atoms with Crippen LogP contribution in [-0.4, -0.2) is 107 Å². The molecule has 1 saturated heterocycles. The molecule has 1 N–H and O–H groups in total. The molecule has 218 valence electrons. The second kappa shape index (κ2) is 12.5. The molecule has 0 atom stereocenters. The van der Waals surface area contributed by atoms with Crippen LogP contribution >= 0.6 is 0 Å². The smallest absolute Gasteiger partial charge is 0.296 e. The Balaban J connectivity index is 1.50. The van der Waals surface area contributed by atoms with Crippen LogP contribution in [0.2, 0.25) is 0 Å². The molecule has 4 heterocycles. The predicted octanol–water partition coefficient (Wildman–Crippen LogP) is 2.91. The highest BCUT2D eigenvalue weighted by Crippen LogP contribution is 2.32. The number of methoxy groups -OCH3 is 1. The third-order valence-electron chi connectivity index (χ3n) is 6.53. The molecule has 41 heavy (non-hydrogen) atoms. The van der Waals surface area contributed by atoms with Crippen LogP contribution in [0.1, 0.15) is 18.7 Å². The predicted molar refractivity (Wildman–Crippen MR) is 151 cm³/mol. The van der Waals surface area contributed by atoms with Gasteiger partial charge in [-0.1, -0.05) is 6.07 Å². The number of para-hydroxylation sites is 1. The summed E-state index contributed by atoms with van der Waals surface area (Å²) in [6, 6.07) is 5.04. The SMILES string of the molecule is COc1cccc2c1nc(C(F)F)n2-c1nc(Nc2cnc(N(C)CCCN(C)C)nc2)nc(N2CCOCC2)n1. The van der Waals surface area contributed by atoms with Crippen molar-refractivity contribution in [1.82, 2.24) is 39.4 Å². The van der Waals surface area contributed by atoms with E-state index in [9.17, 15) is 8.78 Å². The number of fused-ring (bicyclic) bond motifs is 1. The van der Waals surface area contributed by atoms with Gasteiger partial charge in [-0.05, 0) is 39.2 Å². The van der Waals surface area contributed by atoms with E-state index in [4.69, 9.17) is 9.47 Å². The lowest BCUT2D eigenvalue weighted by molar-refractivity contribution is 0.122. The van der Waals surface area contributed by atoms with E-state index in [0.717, 1.165) is 19.5 Å². The minimum absolute atomic E-state index is 0.00629. The van der Waals surface area contributed by atoms with Crippen molar-refractivity contribution in [2.45, 2.75) is 12.8 Å². The van der Waals surface area contributed by atoms with E-state index in [1.165, 1.54) is 11.7 Å². The van der Waals surface area contributed by atoms with Gasteiger partial charge in [0.2, 0.25) is 23.8 Å². The number of ether oxygens (including phenoxy) is 2. The largest absolute Gasteiger partial charge is 0.494 e. The van der Waals surface area contributed by atoms with E-state index in [1.54, 1.807) is 30.6 Å². The summed E-state index contributed by atoms with van der Waals surface area (Å²) in [6.07, 6.45) is 1.35. The number of hydrogen-bond donors (Lipinski definition) is 1. The Morgan fingerprint density at radius 1 is 1.00 bits per heavy atom. The third-order valence-corrected chi connectivity index (χ3v) is 6.53. The van der Waals surface area contributed by atoms with Gasteiger partial charge in [0, 0.05) is 26.7 Å². The van der Waals surface area contributed by atoms with Crippen molar-refractivity contribution in [3.8, 4) is 11.7 Å². The van der Waals surface area contributed by atoms with Crippen molar-refractivity contribution < 1.29 is 18.3 Å². The number of imidazole rings is 1. The summed E-state index contributed by atoms with van der Waals surface area (Å²) >= 11 is 0. The molecule has 4 aromatic rings. The van der Waals surface area contributed by atoms with Gasteiger partial charge in [0.25, 0.3) is 6.43 Å². The minimum Gasteiger partial charge on any atom is -0.494 e. The van der Waals surface area contributed by atoms with Crippen molar-refractivity contribution in [1.29, 1.82) is 0 Å². The Morgan fingerprint density at radius 3 is 2.41 bits per heavy atom. The number of nitrogens with one attached hydrogen (secondary N) is 1. The van der Waals surface area contributed by atoms with Gasteiger partial charge in [0.05, 0.1) is 43.9 Å². The van der Waals surface area contributed by atoms with Crippen molar-refractivity contribution in [2.24, 2.45) is 0 Å². The first-order valence-corrected chi connectivity index (χ1v) is 13.2. The Bertz CT molecular complexity index is 1460.